The molecule has 2 N–H and O–H groups in total. The van der Waals surface area contributed by atoms with Crippen molar-refractivity contribution < 1.29 is 29.0 Å². The molecule has 1 aromatic heterocycles. The lowest BCUT2D eigenvalue weighted by molar-refractivity contribution is -0.139. The summed E-state index contributed by atoms with van der Waals surface area (Å²) in [5.74, 6) is -1.80. The van der Waals surface area contributed by atoms with Crippen LogP contribution in [0.5, 0.6) is 5.75 Å². The summed E-state index contributed by atoms with van der Waals surface area (Å²) in [7, 11) is 6.67. The molecule has 0 radical (unpaired) electrons. The van der Waals surface area contributed by atoms with Gasteiger partial charge in [0.15, 0.2) is 0 Å². The highest BCUT2D eigenvalue weighted by Crippen LogP contribution is 2.41. The fraction of sp³-hybridized carbons (Fsp3) is 0.400. The van der Waals surface area contributed by atoms with Crippen LogP contribution in [0.1, 0.15) is 45.3 Å². The Hall–Kier alpha value is -3.59. The van der Waals surface area contributed by atoms with Crippen LogP contribution in [0.2, 0.25) is 0 Å². The molecule has 2 heterocycles. The third-order valence-electron chi connectivity index (χ3n) is 6.02. The fourth-order valence-corrected chi connectivity index (χ4v) is 4.37. The van der Waals surface area contributed by atoms with Crippen LogP contribution in [-0.2, 0) is 14.3 Å². The lowest BCUT2D eigenvalue weighted by Gasteiger charge is -2.26. The van der Waals surface area contributed by atoms with E-state index in [4.69, 9.17) is 9.47 Å². The molecule has 1 atom stereocenters. The van der Waals surface area contributed by atoms with Crippen molar-refractivity contribution in [3.63, 3.8) is 0 Å². The molecule has 9 nitrogen and oxygen atoms in total. The first-order valence-corrected chi connectivity index (χ1v) is 11.0. The zero-order chi connectivity index (χ0) is 25.2. The molecule has 1 aliphatic heterocycles. The summed E-state index contributed by atoms with van der Waals surface area (Å²) in [6.45, 7) is 4.40. The lowest BCUT2D eigenvalue weighted by atomic mass is 9.94. The smallest absolute Gasteiger partial charge is 0.354 e. The minimum Gasteiger partial charge on any atom is -0.507 e. The molecule has 1 unspecified atom stereocenters. The predicted molar refractivity (Wildman–Crippen MR) is 127 cm³/mol. The molecule has 1 saturated heterocycles. The summed E-state index contributed by atoms with van der Waals surface area (Å²) in [5, 5.41) is 11.4. The van der Waals surface area contributed by atoms with E-state index in [1.807, 2.05) is 19.0 Å². The van der Waals surface area contributed by atoms with E-state index in [2.05, 4.69) is 4.98 Å². The molecule has 182 valence electrons. The second-order valence-electron chi connectivity index (χ2n) is 8.54. The summed E-state index contributed by atoms with van der Waals surface area (Å²) in [5.41, 5.74) is 2.02. The molecule has 34 heavy (non-hydrogen) atoms. The molecule has 9 heteroatoms. The zero-order valence-corrected chi connectivity index (χ0v) is 20.4. The lowest BCUT2D eigenvalue weighted by Crippen LogP contribution is -2.32. The van der Waals surface area contributed by atoms with E-state index in [1.54, 1.807) is 38.1 Å². The van der Waals surface area contributed by atoms with Crippen LogP contribution in [0.3, 0.4) is 0 Å². The third kappa shape index (κ3) is 4.56. The maximum Gasteiger partial charge on any atom is 0.354 e. The van der Waals surface area contributed by atoms with Crippen LogP contribution in [0.4, 0.5) is 0 Å². The van der Waals surface area contributed by atoms with Crippen LogP contribution in [0, 0.1) is 13.8 Å². The Kier molecular flexibility index (Phi) is 7.46. The topological polar surface area (TPSA) is 112 Å². The van der Waals surface area contributed by atoms with E-state index in [1.165, 1.54) is 19.1 Å². The average Bonchev–Trinajstić information content (AvgIpc) is 3.25. The summed E-state index contributed by atoms with van der Waals surface area (Å²) < 4.78 is 10.2. The number of methoxy groups -OCH3 is 2. The molecular weight excluding hydrogens is 438 g/mol. The van der Waals surface area contributed by atoms with Gasteiger partial charge in [0.25, 0.3) is 11.7 Å². The van der Waals surface area contributed by atoms with Gasteiger partial charge in [0.05, 0.1) is 25.8 Å². The molecule has 0 aliphatic carbocycles. The number of likely N-dealkylation sites (tertiary alicyclic amines) is 1. The third-order valence-corrected chi connectivity index (χ3v) is 6.02. The Balaban J connectivity index is 2.19. The van der Waals surface area contributed by atoms with Gasteiger partial charge in [-0.15, -0.1) is 0 Å². The van der Waals surface area contributed by atoms with Crippen molar-refractivity contribution in [2.45, 2.75) is 26.3 Å². The predicted octanol–water partition coefficient (Wildman–Crippen LogP) is 2.80. The number of carbonyl (C=O) groups excluding carboxylic acids is 3. The van der Waals surface area contributed by atoms with Crippen LogP contribution in [0.15, 0.2) is 29.8 Å². The molecule has 0 spiro atoms. The largest absolute Gasteiger partial charge is 0.507 e. The van der Waals surface area contributed by atoms with E-state index in [0.29, 0.717) is 41.1 Å². The Labute approximate surface area is 199 Å². The van der Waals surface area contributed by atoms with Gasteiger partial charge >= 0.3 is 5.97 Å². The highest BCUT2D eigenvalue weighted by Gasteiger charge is 2.46. The van der Waals surface area contributed by atoms with Crippen LogP contribution in [-0.4, -0.2) is 79.0 Å². The number of benzene rings is 1. The highest BCUT2D eigenvalue weighted by atomic mass is 16.5. The number of carbonyl (C=O) groups is 3. The molecule has 2 aromatic rings. The van der Waals surface area contributed by atoms with E-state index >= 15 is 0 Å². The van der Waals surface area contributed by atoms with Crippen molar-refractivity contribution in [1.29, 1.82) is 0 Å². The van der Waals surface area contributed by atoms with Gasteiger partial charge in [-0.25, -0.2) is 4.79 Å². The Morgan fingerprint density at radius 2 is 1.91 bits per heavy atom. The highest BCUT2D eigenvalue weighted by molar-refractivity contribution is 6.46. The van der Waals surface area contributed by atoms with Gasteiger partial charge in [0.2, 0.25) is 0 Å². The van der Waals surface area contributed by atoms with Gasteiger partial charge in [0, 0.05) is 17.8 Å². The number of aliphatic hydroxyl groups excluding tert-OH is 1. The van der Waals surface area contributed by atoms with Crippen molar-refractivity contribution in [2.24, 2.45) is 0 Å². The molecular formula is C25H31N3O6. The molecule has 3 rings (SSSR count). The number of nitrogens with one attached hydrogen (secondary N) is 1. The van der Waals surface area contributed by atoms with Crippen LogP contribution >= 0.6 is 0 Å². The minimum absolute atomic E-state index is 0.0234. The molecule has 1 fully saturated rings. The quantitative estimate of drug-likeness (QED) is 0.265. The number of hydrogen-bond acceptors (Lipinski definition) is 7. The molecule has 1 aromatic carbocycles. The second kappa shape index (κ2) is 10.1. The zero-order valence-electron chi connectivity index (χ0n) is 20.4. The Bertz CT molecular complexity index is 1150. The van der Waals surface area contributed by atoms with Gasteiger partial charge in [-0.05, 0) is 64.2 Å². The summed E-state index contributed by atoms with van der Waals surface area (Å²) in [6.07, 6.45) is 0.648. The minimum atomic E-state index is -0.799. The van der Waals surface area contributed by atoms with Crippen LogP contribution in [0.25, 0.3) is 5.76 Å². The maximum absolute atomic E-state index is 13.2. The second-order valence-corrected chi connectivity index (χ2v) is 8.54. The SMILES string of the molecule is COC(=O)c1[nH]c(C)c(/C(O)=C2/C(=O)C(=O)N(CCCN(C)C)C2c2cccc(OC)c2)c1C. The van der Waals surface area contributed by atoms with Gasteiger partial charge in [-0.1, -0.05) is 12.1 Å². The first-order valence-electron chi connectivity index (χ1n) is 11.0. The summed E-state index contributed by atoms with van der Waals surface area (Å²) >= 11 is 0. The summed E-state index contributed by atoms with van der Waals surface area (Å²) in [4.78, 5) is 44.9. The molecule has 0 bridgehead atoms. The number of nitrogens with zero attached hydrogens (tertiary/aromatic N) is 2. The first-order chi connectivity index (χ1) is 16.1. The number of amides is 1. The van der Waals surface area contributed by atoms with Gasteiger partial charge in [-0.2, -0.15) is 0 Å². The number of rotatable bonds is 8. The van der Waals surface area contributed by atoms with Crippen molar-refractivity contribution in [2.75, 3.05) is 41.4 Å². The van der Waals surface area contributed by atoms with E-state index in [9.17, 15) is 19.5 Å². The van der Waals surface area contributed by atoms with E-state index < -0.39 is 23.7 Å². The number of hydrogen-bond donors (Lipinski definition) is 2. The monoisotopic (exact) mass is 469 g/mol. The van der Waals surface area contributed by atoms with Crippen molar-refractivity contribution in [1.82, 2.24) is 14.8 Å². The summed E-state index contributed by atoms with van der Waals surface area (Å²) in [6, 6.07) is 6.29. The molecule has 1 aliphatic rings. The number of ketones is 1. The number of Topliss-reactive ketones (excluding diaryl/α,β-unsaturated/α-hetero) is 1. The van der Waals surface area contributed by atoms with Crippen LogP contribution < -0.4 is 4.74 Å². The normalized spacial score (nSPS) is 17.5. The van der Waals surface area contributed by atoms with Gasteiger partial charge in [-0.3, -0.25) is 9.59 Å². The average molecular weight is 470 g/mol. The molecule has 0 saturated carbocycles. The number of aromatic amines is 1. The first kappa shape index (κ1) is 25.0. The number of ether oxygens (including phenoxy) is 2. The van der Waals surface area contributed by atoms with Gasteiger partial charge in [0.1, 0.15) is 17.2 Å². The number of H-pyrrole nitrogens is 1. The van der Waals surface area contributed by atoms with Crippen molar-refractivity contribution in [3.05, 3.63) is 57.9 Å². The van der Waals surface area contributed by atoms with Gasteiger partial charge < -0.3 is 29.4 Å². The number of aliphatic hydroxyl groups is 1. The Morgan fingerprint density at radius 3 is 2.53 bits per heavy atom. The number of esters is 1. The number of aryl methyl sites for hydroxylation is 1. The maximum atomic E-state index is 13.2. The van der Waals surface area contributed by atoms with Crippen molar-refractivity contribution in [3.8, 4) is 5.75 Å². The Morgan fingerprint density at radius 1 is 1.21 bits per heavy atom. The van der Waals surface area contributed by atoms with E-state index in [0.717, 1.165) is 6.54 Å². The number of aromatic nitrogens is 1. The van der Waals surface area contributed by atoms with E-state index in [-0.39, 0.29) is 17.0 Å². The standard InChI is InChI=1S/C25H31N3O6/c1-14-18(15(2)26-20(14)25(32)34-6)22(29)19-21(16-9-7-10-17(13-16)33-5)28(24(31)23(19)30)12-8-11-27(3)4/h7,9-10,13,21,26,29H,8,11-12H2,1-6H3/b22-19-. The molecule has 1 amide bonds. The van der Waals surface area contributed by atoms with Crippen molar-refractivity contribution >= 4 is 23.4 Å². The fourth-order valence-electron chi connectivity index (χ4n) is 4.37.